The Bertz CT molecular complexity index is 198. The molecule has 1 unspecified atom stereocenters. The third-order valence-electron chi connectivity index (χ3n) is 1.21. The minimum absolute atomic E-state index is 0.396. The Labute approximate surface area is 64.6 Å². The van der Waals surface area contributed by atoms with Crippen LogP contribution in [0.15, 0.2) is 10.8 Å². The van der Waals surface area contributed by atoms with Crippen molar-refractivity contribution in [2.75, 3.05) is 18.5 Å². The van der Waals surface area contributed by atoms with Gasteiger partial charge in [-0.2, -0.15) is 0 Å². The molecule has 1 rings (SSSR count). The Hall–Kier alpha value is -1.10. The Kier molecular flexibility index (Phi) is 2.43. The van der Waals surface area contributed by atoms with Crippen LogP contribution in [0.2, 0.25) is 0 Å². The number of nitrogens with zero attached hydrogens (tertiary/aromatic N) is 3. The zero-order chi connectivity index (χ0) is 8.27. The SMILES string of the molecule is CC(O)CN(C)c1nnco1. The quantitative estimate of drug-likeness (QED) is 0.663. The summed E-state index contributed by atoms with van der Waals surface area (Å²) in [5.74, 6) is 0. The minimum Gasteiger partial charge on any atom is -0.411 e. The molecule has 0 saturated carbocycles. The van der Waals surface area contributed by atoms with Crippen LogP contribution in [0.25, 0.3) is 0 Å². The fraction of sp³-hybridized carbons (Fsp3) is 0.667. The summed E-state index contributed by atoms with van der Waals surface area (Å²) in [6.45, 7) is 2.19. The molecule has 5 nitrogen and oxygen atoms in total. The summed E-state index contributed by atoms with van der Waals surface area (Å²) in [7, 11) is 1.78. The molecule has 62 valence electrons. The smallest absolute Gasteiger partial charge is 0.317 e. The molecule has 1 aromatic heterocycles. The summed E-state index contributed by atoms with van der Waals surface area (Å²) in [4.78, 5) is 1.69. The second kappa shape index (κ2) is 3.34. The molecule has 1 heterocycles. The summed E-state index contributed by atoms with van der Waals surface area (Å²) in [5, 5.41) is 16.2. The molecule has 0 aliphatic heterocycles. The van der Waals surface area contributed by atoms with Crippen molar-refractivity contribution in [2.24, 2.45) is 0 Å². The largest absolute Gasteiger partial charge is 0.411 e. The van der Waals surface area contributed by atoms with Gasteiger partial charge in [0.15, 0.2) is 0 Å². The van der Waals surface area contributed by atoms with E-state index in [0.717, 1.165) is 0 Å². The van der Waals surface area contributed by atoms with Gasteiger partial charge in [0.1, 0.15) is 0 Å². The van der Waals surface area contributed by atoms with Crippen LogP contribution < -0.4 is 4.90 Å². The third kappa shape index (κ3) is 2.19. The van der Waals surface area contributed by atoms with E-state index in [-0.39, 0.29) is 0 Å². The van der Waals surface area contributed by atoms with E-state index in [4.69, 9.17) is 9.52 Å². The highest BCUT2D eigenvalue weighted by atomic mass is 16.4. The van der Waals surface area contributed by atoms with E-state index >= 15 is 0 Å². The Morgan fingerprint density at radius 3 is 3.00 bits per heavy atom. The van der Waals surface area contributed by atoms with Gasteiger partial charge in [0, 0.05) is 13.6 Å². The van der Waals surface area contributed by atoms with Crippen molar-refractivity contribution in [3.05, 3.63) is 6.39 Å². The van der Waals surface area contributed by atoms with Gasteiger partial charge in [-0.25, -0.2) is 0 Å². The van der Waals surface area contributed by atoms with Gasteiger partial charge >= 0.3 is 6.01 Å². The molecule has 0 spiro atoms. The van der Waals surface area contributed by atoms with Gasteiger partial charge in [0.25, 0.3) is 0 Å². The molecular formula is C6H11N3O2. The Morgan fingerprint density at radius 1 is 1.82 bits per heavy atom. The first-order valence-electron chi connectivity index (χ1n) is 3.35. The maximum absolute atomic E-state index is 8.99. The first kappa shape index (κ1) is 8.00. The molecule has 0 fully saturated rings. The first-order valence-corrected chi connectivity index (χ1v) is 3.35. The number of anilines is 1. The van der Waals surface area contributed by atoms with E-state index in [1.54, 1.807) is 18.9 Å². The van der Waals surface area contributed by atoms with Crippen LogP contribution in [-0.4, -0.2) is 35.0 Å². The summed E-state index contributed by atoms with van der Waals surface area (Å²) >= 11 is 0. The van der Waals surface area contributed by atoms with Crippen LogP contribution in [0.5, 0.6) is 0 Å². The van der Waals surface area contributed by atoms with Crippen molar-refractivity contribution >= 4 is 6.01 Å². The highest BCUT2D eigenvalue weighted by Gasteiger charge is 2.07. The van der Waals surface area contributed by atoms with E-state index < -0.39 is 6.10 Å². The van der Waals surface area contributed by atoms with Crippen LogP contribution >= 0.6 is 0 Å². The van der Waals surface area contributed by atoms with Crippen molar-refractivity contribution in [3.8, 4) is 0 Å². The first-order chi connectivity index (χ1) is 5.20. The molecule has 1 N–H and O–H groups in total. The number of aliphatic hydroxyl groups excluding tert-OH is 1. The number of rotatable bonds is 3. The molecule has 5 heteroatoms. The summed E-state index contributed by atoms with van der Waals surface area (Å²) in [6.07, 6.45) is 0.861. The molecule has 0 bridgehead atoms. The van der Waals surface area contributed by atoms with Crippen LogP contribution in [0.4, 0.5) is 6.01 Å². The molecule has 0 saturated heterocycles. The highest BCUT2D eigenvalue weighted by molar-refractivity contribution is 5.20. The van der Waals surface area contributed by atoms with Gasteiger partial charge in [-0.3, -0.25) is 0 Å². The predicted molar refractivity (Wildman–Crippen MR) is 39.2 cm³/mol. The number of hydrogen-bond donors (Lipinski definition) is 1. The Balaban J connectivity index is 2.49. The molecular weight excluding hydrogens is 146 g/mol. The Morgan fingerprint density at radius 2 is 2.55 bits per heavy atom. The second-order valence-corrected chi connectivity index (χ2v) is 2.45. The molecule has 0 radical (unpaired) electrons. The number of aliphatic hydroxyl groups is 1. The lowest BCUT2D eigenvalue weighted by atomic mass is 10.4. The minimum atomic E-state index is -0.396. The van der Waals surface area contributed by atoms with Crippen molar-refractivity contribution in [3.63, 3.8) is 0 Å². The summed E-state index contributed by atoms with van der Waals surface area (Å²) in [6, 6.07) is 0.422. The van der Waals surface area contributed by atoms with Crippen LogP contribution in [0.1, 0.15) is 6.92 Å². The molecule has 0 aromatic carbocycles. The zero-order valence-corrected chi connectivity index (χ0v) is 6.56. The monoisotopic (exact) mass is 157 g/mol. The number of likely N-dealkylation sites (N-methyl/N-ethyl adjacent to an activating group) is 1. The lowest BCUT2D eigenvalue weighted by Crippen LogP contribution is -2.27. The van der Waals surface area contributed by atoms with Crippen LogP contribution in [0, 0.1) is 0 Å². The van der Waals surface area contributed by atoms with E-state index in [1.165, 1.54) is 6.39 Å². The average Bonchev–Trinajstić information content (AvgIpc) is 2.35. The highest BCUT2D eigenvalue weighted by Crippen LogP contribution is 2.05. The van der Waals surface area contributed by atoms with E-state index in [2.05, 4.69) is 10.2 Å². The summed E-state index contributed by atoms with van der Waals surface area (Å²) < 4.78 is 4.89. The number of hydrogen-bond acceptors (Lipinski definition) is 5. The van der Waals surface area contributed by atoms with Gasteiger partial charge < -0.3 is 14.4 Å². The van der Waals surface area contributed by atoms with Gasteiger partial charge in [-0.15, -0.1) is 5.10 Å². The van der Waals surface area contributed by atoms with Crippen molar-refractivity contribution in [1.29, 1.82) is 0 Å². The molecule has 0 aliphatic rings. The van der Waals surface area contributed by atoms with Crippen molar-refractivity contribution < 1.29 is 9.52 Å². The lowest BCUT2D eigenvalue weighted by molar-refractivity contribution is 0.200. The van der Waals surface area contributed by atoms with Crippen molar-refractivity contribution in [2.45, 2.75) is 13.0 Å². The number of aromatic nitrogens is 2. The van der Waals surface area contributed by atoms with Crippen LogP contribution in [-0.2, 0) is 0 Å². The van der Waals surface area contributed by atoms with E-state index in [0.29, 0.717) is 12.6 Å². The lowest BCUT2D eigenvalue weighted by Gasteiger charge is -2.14. The normalized spacial score (nSPS) is 13.0. The van der Waals surface area contributed by atoms with Crippen molar-refractivity contribution in [1.82, 2.24) is 10.2 Å². The van der Waals surface area contributed by atoms with Gasteiger partial charge in [0.05, 0.1) is 6.10 Å². The third-order valence-corrected chi connectivity index (χ3v) is 1.21. The van der Waals surface area contributed by atoms with Crippen LogP contribution in [0.3, 0.4) is 0 Å². The maximum Gasteiger partial charge on any atom is 0.317 e. The zero-order valence-electron chi connectivity index (χ0n) is 6.56. The van der Waals surface area contributed by atoms with Gasteiger partial charge in [-0.05, 0) is 6.92 Å². The summed E-state index contributed by atoms with van der Waals surface area (Å²) in [5.41, 5.74) is 0. The second-order valence-electron chi connectivity index (χ2n) is 2.45. The predicted octanol–water partition coefficient (Wildman–Crippen LogP) is -0.113. The average molecular weight is 157 g/mol. The molecule has 0 amide bonds. The van der Waals surface area contributed by atoms with E-state index in [9.17, 15) is 0 Å². The standard InChI is InChI=1S/C6H11N3O2/c1-5(10)3-9(2)6-8-7-4-11-6/h4-5,10H,3H2,1-2H3. The molecule has 1 aromatic rings. The fourth-order valence-corrected chi connectivity index (χ4v) is 0.808. The maximum atomic E-state index is 8.99. The molecule has 0 aliphatic carbocycles. The topological polar surface area (TPSA) is 62.4 Å². The molecule has 1 atom stereocenters. The fourth-order valence-electron chi connectivity index (χ4n) is 0.808. The van der Waals surface area contributed by atoms with Gasteiger partial charge in [-0.1, -0.05) is 5.10 Å². The van der Waals surface area contributed by atoms with Gasteiger partial charge in [0.2, 0.25) is 6.39 Å². The van der Waals surface area contributed by atoms with E-state index in [1.807, 2.05) is 0 Å². The molecule has 11 heavy (non-hydrogen) atoms.